The number of hydrogen-bond donors (Lipinski definition) is 2. The smallest absolute Gasteiger partial charge is 0.336 e. The van der Waals surface area contributed by atoms with Crippen molar-refractivity contribution < 1.29 is 14.6 Å². The predicted octanol–water partition coefficient (Wildman–Crippen LogP) is 0.922. The van der Waals surface area contributed by atoms with Crippen LogP contribution < -0.4 is 5.63 Å². The Balaban J connectivity index is 2.32. The maximum atomic E-state index is 11.5. The number of benzene rings is 1. The minimum absolute atomic E-state index is 0.320. The fourth-order valence-electron chi connectivity index (χ4n) is 2.60. The van der Waals surface area contributed by atoms with Crippen LogP contribution in [0.25, 0.3) is 11.0 Å². The van der Waals surface area contributed by atoms with Gasteiger partial charge >= 0.3 is 5.63 Å². The zero-order chi connectivity index (χ0) is 12.9. The van der Waals surface area contributed by atoms with Gasteiger partial charge in [0, 0.05) is 29.9 Å². The fraction of sp³-hybridized carbons (Fsp3) is 0.357. The highest BCUT2D eigenvalue weighted by atomic mass is 16.4. The van der Waals surface area contributed by atoms with Crippen molar-refractivity contribution in [2.45, 2.75) is 32.0 Å². The van der Waals surface area contributed by atoms with Gasteiger partial charge < -0.3 is 14.6 Å². The topological polar surface area (TPSA) is 70.7 Å². The van der Waals surface area contributed by atoms with Crippen molar-refractivity contribution in [2.75, 3.05) is 0 Å². The van der Waals surface area contributed by atoms with E-state index >= 15 is 0 Å². The normalized spacial score (nSPS) is 23.1. The van der Waals surface area contributed by atoms with Gasteiger partial charge in [-0.1, -0.05) is 12.1 Å². The molecule has 94 valence electrons. The van der Waals surface area contributed by atoms with Gasteiger partial charge in [0.15, 0.2) is 0 Å². The fourth-order valence-corrected chi connectivity index (χ4v) is 2.60. The molecule has 1 aromatic carbocycles. The first-order valence-corrected chi connectivity index (χ1v) is 5.97. The monoisotopic (exact) mass is 246 g/mol. The Morgan fingerprint density at radius 1 is 1.22 bits per heavy atom. The molecule has 0 saturated carbocycles. The van der Waals surface area contributed by atoms with E-state index in [1.54, 1.807) is 0 Å². The van der Waals surface area contributed by atoms with Crippen LogP contribution >= 0.6 is 0 Å². The molecule has 4 heteroatoms. The number of rotatable bonds is 0. The quantitative estimate of drug-likeness (QED) is 0.678. The van der Waals surface area contributed by atoms with Crippen LogP contribution in [0, 0.1) is 6.92 Å². The van der Waals surface area contributed by atoms with Gasteiger partial charge in [0.25, 0.3) is 0 Å². The van der Waals surface area contributed by atoms with Crippen molar-refractivity contribution in [3.8, 4) is 0 Å². The van der Waals surface area contributed by atoms with Gasteiger partial charge in [-0.15, -0.1) is 0 Å². The molecule has 1 aliphatic rings. The molecule has 0 amide bonds. The molecule has 4 nitrogen and oxygen atoms in total. The summed E-state index contributed by atoms with van der Waals surface area (Å²) in [5.41, 5.74) is 2.81. The van der Waals surface area contributed by atoms with E-state index in [4.69, 9.17) is 4.42 Å². The van der Waals surface area contributed by atoms with Crippen molar-refractivity contribution >= 4 is 11.0 Å². The number of fused-ring (bicyclic) bond motifs is 3. The van der Waals surface area contributed by atoms with Crippen LogP contribution in [0.4, 0.5) is 0 Å². The largest absolute Gasteiger partial charge is 0.422 e. The SMILES string of the molecule is Cc1cc(=O)oc2c3c(ccc12)CC(O)C(O)C3. The molecular formula is C14H14O4. The lowest BCUT2D eigenvalue weighted by Crippen LogP contribution is -2.34. The van der Waals surface area contributed by atoms with Crippen LogP contribution in [0.1, 0.15) is 16.7 Å². The Morgan fingerprint density at radius 2 is 1.94 bits per heavy atom. The summed E-state index contributed by atoms with van der Waals surface area (Å²) in [5.74, 6) is 0. The molecule has 1 aromatic heterocycles. The summed E-state index contributed by atoms with van der Waals surface area (Å²) in [4.78, 5) is 11.5. The summed E-state index contributed by atoms with van der Waals surface area (Å²) >= 11 is 0. The van der Waals surface area contributed by atoms with E-state index in [1.165, 1.54) is 6.07 Å². The molecule has 2 N–H and O–H groups in total. The highest BCUT2D eigenvalue weighted by Gasteiger charge is 2.27. The molecular weight excluding hydrogens is 232 g/mol. The molecule has 0 radical (unpaired) electrons. The van der Waals surface area contributed by atoms with Crippen molar-refractivity contribution in [3.05, 3.63) is 45.3 Å². The molecule has 2 unspecified atom stereocenters. The van der Waals surface area contributed by atoms with Gasteiger partial charge in [-0.3, -0.25) is 0 Å². The second kappa shape index (κ2) is 3.93. The van der Waals surface area contributed by atoms with E-state index in [9.17, 15) is 15.0 Å². The lowest BCUT2D eigenvalue weighted by Gasteiger charge is -2.26. The van der Waals surface area contributed by atoms with Gasteiger partial charge in [0.2, 0.25) is 0 Å². The average molecular weight is 246 g/mol. The molecule has 0 saturated heterocycles. The number of aryl methyl sites for hydroxylation is 1. The highest BCUT2D eigenvalue weighted by Crippen LogP contribution is 2.29. The summed E-state index contributed by atoms with van der Waals surface area (Å²) in [7, 11) is 0. The Kier molecular flexibility index (Phi) is 2.50. The molecule has 18 heavy (non-hydrogen) atoms. The van der Waals surface area contributed by atoms with Crippen LogP contribution in [-0.4, -0.2) is 22.4 Å². The Morgan fingerprint density at radius 3 is 2.72 bits per heavy atom. The van der Waals surface area contributed by atoms with E-state index in [-0.39, 0.29) is 5.63 Å². The third-order valence-electron chi connectivity index (χ3n) is 3.61. The Bertz CT molecular complexity index is 671. The van der Waals surface area contributed by atoms with Crippen LogP contribution in [-0.2, 0) is 12.8 Å². The van der Waals surface area contributed by atoms with Crippen molar-refractivity contribution in [3.63, 3.8) is 0 Å². The molecule has 1 aliphatic carbocycles. The van der Waals surface area contributed by atoms with Crippen LogP contribution in [0.15, 0.2) is 27.4 Å². The van der Waals surface area contributed by atoms with E-state index in [2.05, 4.69) is 0 Å². The van der Waals surface area contributed by atoms with Crippen LogP contribution in [0.5, 0.6) is 0 Å². The third kappa shape index (κ3) is 1.65. The average Bonchev–Trinajstić information content (AvgIpc) is 2.30. The molecule has 0 bridgehead atoms. The zero-order valence-electron chi connectivity index (χ0n) is 10.0. The van der Waals surface area contributed by atoms with Crippen molar-refractivity contribution in [1.29, 1.82) is 0 Å². The van der Waals surface area contributed by atoms with Gasteiger partial charge in [-0.2, -0.15) is 0 Å². The molecule has 0 spiro atoms. The van der Waals surface area contributed by atoms with E-state index in [0.29, 0.717) is 18.4 Å². The zero-order valence-corrected chi connectivity index (χ0v) is 10.0. The summed E-state index contributed by atoms with van der Waals surface area (Å²) in [5, 5.41) is 20.3. The highest BCUT2D eigenvalue weighted by molar-refractivity contribution is 5.84. The Labute approximate surface area is 103 Å². The van der Waals surface area contributed by atoms with E-state index < -0.39 is 12.2 Å². The molecule has 0 fully saturated rings. The minimum atomic E-state index is -0.797. The molecule has 1 heterocycles. The minimum Gasteiger partial charge on any atom is -0.422 e. The number of aliphatic hydroxyl groups is 2. The lowest BCUT2D eigenvalue weighted by atomic mass is 9.86. The van der Waals surface area contributed by atoms with E-state index in [0.717, 1.165) is 22.1 Å². The van der Waals surface area contributed by atoms with Crippen LogP contribution in [0.3, 0.4) is 0 Å². The molecule has 0 aliphatic heterocycles. The maximum Gasteiger partial charge on any atom is 0.336 e. The Hall–Kier alpha value is -1.65. The van der Waals surface area contributed by atoms with Gasteiger partial charge in [-0.05, 0) is 18.1 Å². The maximum absolute atomic E-state index is 11.5. The van der Waals surface area contributed by atoms with Crippen molar-refractivity contribution in [2.24, 2.45) is 0 Å². The third-order valence-corrected chi connectivity index (χ3v) is 3.61. The summed E-state index contributed by atoms with van der Waals surface area (Å²) in [6.45, 7) is 1.86. The second-order valence-electron chi connectivity index (χ2n) is 4.87. The number of hydrogen-bond acceptors (Lipinski definition) is 4. The summed E-state index contributed by atoms with van der Waals surface area (Å²) in [6.07, 6.45) is -0.829. The van der Waals surface area contributed by atoms with Gasteiger partial charge in [0.05, 0.1) is 12.2 Å². The van der Waals surface area contributed by atoms with Gasteiger partial charge in [-0.25, -0.2) is 4.79 Å². The number of aliphatic hydroxyl groups excluding tert-OH is 2. The van der Waals surface area contributed by atoms with E-state index in [1.807, 2.05) is 19.1 Å². The predicted molar refractivity (Wildman–Crippen MR) is 66.6 cm³/mol. The molecule has 2 atom stereocenters. The summed E-state index contributed by atoms with van der Waals surface area (Å²) < 4.78 is 5.28. The standard InChI is InChI=1S/C14H14O4/c1-7-4-13(17)18-14-9(7)3-2-8-5-11(15)12(16)6-10(8)14/h2-4,11-12,15-16H,5-6H2,1H3. The van der Waals surface area contributed by atoms with Gasteiger partial charge in [0.1, 0.15) is 5.58 Å². The first-order chi connectivity index (χ1) is 8.56. The second-order valence-corrected chi connectivity index (χ2v) is 4.87. The first kappa shape index (κ1) is 11.4. The molecule has 3 rings (SSSR count). The first-order valence-electron chi connectivity index (χ1n) is 5.97. The van der Waals surface area contributed by atoms with Crippen molar-refractivity contribution in [1.82, 2.24) is 0 Å². The lowest BCUT2D eigenvalue weighted by molar-refractivity contribution is 0.0143. The molecule has 2 aromatic rings. The van der Waals surface area contributed by atoms with Crippen LogP contribution in [0.2, 0.25) is 0 Å². The summed E-state index contributed by atoms with van der Waals surface area (Å²) in [6, 6.07) is 5.29.